The Morgan fingerprint density at radius 2 is 1.82 bits per heavy atom. The molecule has 2 amide bonds. The molecule has 2 N–H and O–H groups in total. The molecule has 0 saturated heterocycles. The van der Waals surface area contributed by atoms with Crippen molar-refractivity contribution in [2.45, 2.75) is 20.3 Å². The van der Waals surface area contributed by atoms with Gasteiger partial charge in [-0.1, -0.05) is 37.0 Å². The van der Waals surface area contributed by atoms with E-state index in [2.05, 4.69) is 24.5 Å². The van der Waals surface area contributed by atoms with Crippen LogP contribution in [0.4, 0.5) is 10.5 Å². The van der Waals surface area contributed by atoms with Crippen molar-refractivity contribution in [1.29, 1.82) is 0 Å². The third kappa shape index (κ3) is 5.80. The standard InChI is InChI=1S/C12H16Cl2N2O/c1-8(2)3-4-15-12(17)16-11-6-9(13)5-10(14)7-11/h5-8H,3-4H2,1-2H3,(H2,15,16,17). The minimum absolute atomic E-state index is 0.246. The highest BCUT2D eigenvalue weighted by atomic mass is 35.5. The van der Waals surface area contributed by atoms with Crippen LogP contribution in [-0.2, 0) is 0 Å². The number of halogens is 2. The zero-order valence-electron chi connectivity index (χ0n) is 9.89. The van der Waals surface area contributed by atoms with Gasteiger partial charge in [0.05, 0.1) is 0 Å². The van der Waals surface area contributed by atoms with Crippen LogP contribution in [0.1, 0.15) is 20.3 Å². The molecule has 0 aliphatic rings. The zero-order valence-corrected chi connectivity index (χ0v) is 11.4. The summed E-state index contributed by atoms with van der Waals surface area (Å²) in [6.45, 7) is 4.87. The van der Waals surface area contributed by atoms with E-state index in [4.69, 9.17) is 23.2 Å². The molecule has 0 fully saturated rings. The highest BCUT2D eigenvalue weighted by Gasteiger charge is 2.03. The molecule has 5 heteroatoms. The van der Waals surface area contributed by atoms with Gasteiger partial charge in [0.25, 0.3) is 0 Å². The second kappa shape index (κ2) is 6.72. The molecule has 94 valence electrons. The van der Waals surface area contributed by atoms with Crippen LogP contribution in [0, 0.1) is 5.92 Å². The first kappa shape index (κ1) is 14.1. The fraction of sp³-hybridized carbons (Fsp3) is 0.417. The Balaban J connectivity index is 2.45. The molecule has 0 aromatic heterocycles. The van der Waals surface area contributed by atoms with Crippen LogP contribution >= 0.6 is 23.2 Å². The number of rotatable bonds is 4. The van der Waals surface area contributed by atoms with E-state index in [0.717, 1.165) is 6.42 Å². The lowest BCUT2D eigenvalue weighted by atomic mass is 10.1. The molecule has 1 rings (SSSR count). The topological polar surface area (TPSA) is 41.1 Å². The summed E-state index contributed by atoms with van der Waals surface area (Å²) in [4.78, 5) is 11.5. The number of carbonyl (C=O) groups is 1. The second-order valence-electron chi connectivity index (χ2n) is 4.22. The average molecular weight is 275 g/mol. The van der Waals surface area contributed by atoms with Crippen LogP contribution in [0.5, 0.6) is 0 Å². The first-order chi connectivity index (χ1) is 7.97. The number of carbonyl (C=O) groups excluding carboxylic acids is 1. The van der Waals surface area contributed by atoms with Gasteiger partial charge < -0.3 is 10.6 Å². The Labute approximate surface area is 111 Å². The van der Waals surface area contributed by atoms with Crippen molar-refractivity contribution < 1.29 is 4.79 Å². The van der Waals surface area contributed by atoms with Crippen molar-refractivity contribution in [3.05, 3.63) is 28.2 Å². The van der Waals surface area contributed by atoms with Gasteiger partial charge in [0.15, 0.2) is 0 Å². The molecule has 0 spiro atoms. The van der Waals surface area contributed by atoms with Crippen LogP contribution < -0.4 is 10.6 Å². The summed E-state index contributed by atoms with van der Waals surface area (Å²) in [6.07, 6.45) is 0.948. The fourth-order valence-electron chi connectivity index (χ4n) is 1.28. The van der Waals surface area contributed by atoms with Crippen LogP contribution in [-0.4, -0.2) is 12.6 Å². The van der Waals surface area contributed by atoms with Crippen LogP contribution in [0.2, 0.25) is 10.0 Å². The highest BCUT2D eigenvalue weighted by Crippen LogP contribution is 2.22. The van der Waals surface area contributed by atoms with Gasteiger partial charge in [0, 0.05) is 22.3 Å². The Kier molecular flexibility index (Phi) is 5.59. The lowest BCUT2D eigenvalue weighted by Gasteiger charge is -2.09. The van der Waals surface area contributed by atoms with Crippen molar-refractivity contribution in [2.75, 3.05) is 11.9 Å². The van der Waals surface area contributed by atoms with Crippen LogP contribution in [0.3, 0.4) is 0 Å². The largest absolute Gasteiger partial charge is 0.338 e. The number of urea groups is 1. The predicted octanol–water partition coefficient (Wildman–Crippen LogP) is 4.16. The molecule has 17 heavy (non-hydrogen) atoms. The monoisotopic (exact) mass is 274 g/mol. The maximum Gasteiger partial charge on any atom is 0.319 e. The summed E-state index contributed by atoms with van der Waals surface area (Å²) in [7, 11) is 0. The Morgan fingerprint density at radius 1 is 1.24 bits per heavy atom. The lowest BCUT2D eigenvalue weighted by molar-refractivity contribution is 0.251. The molecule has 0 unspecified atom stereocenters. The number of anilines is 1. The SMILES string of the molecule is CC(C)CCNC(=O)Nc1cc(Cl)cc(Cl)c1. The van der Waals surface area contributed by atoms with Gasteiger partial charge in [-0.15, -0.1) is 0 Å². The number of amides is 2. The Hall–Kier alpha value is -0.930. The highest BCUT2D eigenvalue weighted by molar-refractivity contribution is 6.35. The lowest BCUT2D eigenvalue weighted by Crippen LogP contribution is -2.30. The Bertz CT molecular complexity index is 374. The molecule has 0 heterocycles. The predicted molar refractivity (Wildman–Crippen MR) is 72.9 cm³/mol. The third-order valence-corrected chi connectivity index (χ3v) is 2.56. The molecule has 1 aromatic carbocycles. The number of nitrogens with one attached hydrogen (secondary N) is 2. The number of benzene rings is 1. The Morgan fingerprint density at radius 3 is 2.35 bits per heavy atom. The maximum absolute atomic E-state index is 11.5. The van der Waals surface area contributed by atoms with E-state index in [1.54, 1.807) is 18.2 Å². The van der Waals surface area contributed by atoms with E-state index in [1.165, 1.54) is 0 Å². The van der Waals surface area contributed by atoms with Crippen molar-refractivity contribution >= 4 is 34.9 Å². The van der Waals surface area contributed by atoms with Crippen LogP contribution in [0.25, 0.3) is 0 Å². The smallest absolute Gasteiger partial charge is 0.319 e. The minimum atomic E-state index is -0.246. The van der Waals surface area contributed by atoms with E-state index in [-0.39, 0.29) is 6.03 Å². The van der Waals surface area contributed by atoms with Crippen molar-refractivity contribution in [3.8, 4) is 0 Å². The van der Waals surface area contributed by atoms with Gasteiger partial charge >= 0.3 is 6.03 Å². The molecule has 1 aromatic rings. The maximum atomic E-state index is 11.5. The minimum Gasteiger partial charge on any atom is -0.338 e. The quantitative estimate of drug-likeness (QED) is 0.851. The molecule has 0 bridgehead atoms. The first-order valence-corrected chi connectivity index (χ1v) is 6.24. The molecule has 0 radical (unpaired) electrons. The molecular formula is C12H16Cl2N2O. The van der Waals surface area contributed by atoms with Crippen molar-refractivity contribution in [1.82, 2.24) is 5.32 Å². The first-order valence-electron chi connectivity index (χ1n) is 5.48. The summed E-state index contributed by atoms with van der Waals surface area (Å²) < 4.78 is 0. The summed E-state index contributed by atoms with van der Waals surface area (Å²) in [5.74, 6) is 0.566. The van der Waals surface area contributed by atoms with Gasteiger partial charge in [0.2, 0.25) is 0 Å². The van der Waals surface area contributed by atoms with E-state index >= 15 is 0 Å². The molecular weight excluding hydrogens is 259 g/mol. The van der Waals surface area contributed by atoms with Gasteiger partial charge in [0.1, 0.15) is 0 Å². The second-order valence-corrected chi connectivity index (χ2v) is 5.09. The van der Waals surface area contributed by atoms with E-state index < -0.39 is 0 Å². The summed E-state index contributed by atoms with van der Waals surface area (Å²) in [5.41, 5.74) is 0.588. The number of hydrogen-bond acceptors (Lipinski definition) is 1. The van der Waals surface area contributed by atoms with E-state index in [1.807, 2.05) is 0 Å². The summed E-state index contributed by atoms with van der Waals surface area (Å²) in [6, 6.07) is 4.67. The molecule has 0 aliphatic carbocycles. The van der Waals surface area contributed by atoms with Gasteiger partial charge in [-0.05, 0) is 30.5 Å². The molecule has 0 aliphatic heterocycles. The molecule has 0 saturated carbocycles. The molecule has 0 atom stereocenters. The average Bonchev–Trinajstić information content (AvgIpc) is 2.14. The van der Waals surface area contributed by atoms with Gasteiger partial charge in [-0.25, -0.2) is 4.79 Å². The number of hydrogen-bond donors (Lipinski definition) is 2. The van der Waals surface area contributed by atoms with Gasteiger partial charge in [-0.3, -0.25) is 0 Å². The van der Waals surface area contributed by atoms with Crippen LogP contribution in [0.15, 0.2) is 18.2 Å². The third-order valence-electron chi connectivity index (χ3n) is 2.13. The summed E-state index contributed by atoms with van der Waals surface area (Å²) in [5, 5.41) is 6.43. The zero-order chi connectivity index (χ0) is 12.8. The van der Waals surface area contributed by atoms with E-state index in [9.17, 15) is 4.79 Å². The summed E-state index contributed by atoms with van der Waals surface area (Å²) >= 11 is 11.6. The molecule has 3 nitrogen and oxygen atoms in total. The normalized spacial score (nSPS) is 10.4. The fourth-order valence-corrected chi connectivity index (χ4v) is 1.80. The van der Waals surface area contributed by atoms with Crippen molar-refractivity contribution in [2.24, 2.45) is 5.92 Å². The van der Waals surface area contributed by atoms with Crippen molar-refractivity contribution in [3.63, 3.8) is 0 Å². The van der Waals surface area contributed by atoms with Gasteiger partial charge in [-0.2, -0.15) is 0 Å². The van der Waals surface area contributed by atoms with E-state index in [0.29, 0.717) is 28.2 Å².